The van der Waals surface area contributed by atoms with Gasteiger partial charge in [-0.05, 0) is 17.9 Å². The van der Waals surface area contributed by atoms with Crippen LogP contribution in [0.4, 0.5) is 0 Å². The number of hydrogen-bond acceptors (Lipinski definition) is 5. The molecule has 5 heteroatoms. The second kappa shape index (κ2) is 10.0. The summed E-state index contributed by atoms with van der Waals surface area (Å²) in [6.45, 7) is 6.50. The number of ether oxygens (including phenoxy) is 2. The highest BCUT2D eigenvalue weighted by molar-refractivity contribution is 5.88. The van der Waals surface area contributed by atoms with Crippen molar-refractivity contribution in [3.05, 3.63) is 35.9 Å². The molecule has 1 rings (SSSR count). The molecule has 0 aliphatic carbocycles. The summed E-state index contributed by atoms with van der Waals surface area (Å²) in [5, 5.41) is 0. The minimum absolute atomic E-state index is 0.211. The van der Waals surface area contributed by atoms with E-state index in [1.54, 1.807) is 24.3 Å². The summed E-state index contributed by atoms with van der Waals surface area (Å²) in [7, 11) is 0. The summed E-state index contributed by atoms with van der Waals surface area (Å²) in [5.74, 6) is -1.72. The quantitative estimate of drug-likeness (QED) is 0.559. The molecule has 0 saturated carbocycles. The van der Waals surface area contributed by atoms with Crippen LogP contribution in [0.15, 0.2) is 30.3 Å². The number of rotatable bonds is 9. The monoisotopic (exact) mass is 321 g/mol. The molecule has 0 fully saturated rings. The zero-order chi connectivity index (χ0) is 17.2. The molecular weight excluding hydrogens is 294 g/mol. The van der Waals surface area contributed by atoms with Crippen molar-refractivity contribution in [3.8, 4) is 0 Å². The Morgan fingerprint density at radius 2 is 1.74 bits per heavy atom. The number of carbonyl (C=O) groups is 2. The molecule has 2 unspecified atom stereocenters. The van der Waals surface area contributed by atoms with E-state index in [0.29, 0.717) is 18.8 Å². The first-order valence-electron chi connectivity index (χ1n) is 8.11. The van der Waals surface area contributed by atoms with E-state index in [2.05, 4.69) is 0 Å². The second-order valence-corrected chi connectivity index (χ2v) is 5.96. The lowest BCUT2D eigenvalue weighted by molar-refractivity contribution is -0.154. The Balaban J connectivity index is 2.86. The highest BCUT2D eigenvalue weighted by Gasteiger charge is 2.34. The molecule has 0 spiro atoms. The zero-order valence-corrected chi connectivity index (χ0v) is 14.2. The Bertz CT molecular complexity index is 487. The van der Waals surface area contributed by atoms with Crippen LogP contribution in [0.1, 0.15) is 45.1 Å². The van der Waals surface area contributed by atoms with Crippen LogP contribution in [0.3, 0.4) is 0 Å². The maximum absolute atomic E-state index is 12.4. The first-order chi connectivity index (χ1) is 11.0. The van der Waals surface area contributed by atoms with Gasteiger partial charge in [0, 0.05) is 0 Å². The van der Waals surface area contributed by atoms with Crippen molar-refractivity contribution in [1.29, 1.82) is 0 Å². The molecule has 23 heavy (non-hydrogen) atoms. The second-order valence-electron chi connectivity index (χ2n) is 5.96. The third kappa shape index (κ3) is 6.40. The molecule has 0 heterocycles. The van der Waals surface area contributed by atoms with Gasteiger partial charge in [-0.2, -0.15) is 0 Å². The lowest BCUT2D eigenvalue weighted by atomic mass is 9.92. The summed E-state index contributed by atoms with van der Waals surface area (Å²) in [6.07, 6.45) is 1.69. The Hall–Kier alpha value is -1.88. The average Bonchev–Trinajstić information content (AvgIpc) is 2.54. The highest BCUT2D eigenvalue weighted by atomic mass is 16.5. The summed E-state index contributed by atoms with van der Waals surface area (Å²) >= 11 is 0. The number of esters is 2. The Morgan fingerprint density at radius 3 is 2.30 bits per heavy atom. The van der Waals surface area contributed by atoms with Crippen molar-refractivity contribution < 1.29 is 19.1 Å². The lowest BCUT2D eigenvalue weighted by Gasteiger charge is -2.22. The van der Waals surface area contributed by atoms with Crippen molar-refractivity contribution in [2.75, 3.05) is 13.2 Å². The van der Waals surface area contributed by atoms with Crippen LogP contribution >= 0.6 is 0 Å². The standard InChI is InChI=1S/C18H27NO4/c1-4-5-11-22-18(21)16(19)15(14-9-7-6-8-10-14)17(20)23-12-13(2)3/h6-10,13,15-16H,4-5,11-12,19H2,1-3H3. The van der Waals surface area contributed by atoms with E-state index in [1.165, 1.54) is 0 Å². The zero-order valence-electron chi connectivity index (χ0n) is 14.2. The fraction of sp³-hybridized carbons (Fsp3) is 0.556. The Kier molecular flexibility index (Phi) is 8.33. The van der Waals surface area contributed by atoms with Gasteiger partial charge in [-0.25, -0.2) is 0 Å². The van der Waals surface area contributed by atoms with E-state index >= 15 is 0 Å². The van der Waals surface area contributed by atoms with Gasteiger partial charge in [0.05, 0.1) is 13.2 Å². The molecule has 0 aliphatic heterocycles. The van der Waals surface area contributed by atoms with Gasteiger partial charge in [-0.3, -0.25) is 9.59 Å². The van der Waals surface area contributed by atoms with Crippen molar-refractivity contribution in [2.45, 2.75) is 45.6 Å². The molecule has 0 amide bonds. The Labute approximate surface area is 138 Å². The minimum atomic E-state index is -1.08. The predicted molar refractivity (Wildman–Crippen MR) is 88.8 cm³/mol. The summed E-state index contributed by atoms with van der Waals surface area (Å²) < 4.78 is 10.4. The van der Waals surface area contributed by atoms with Crippen LogP contribution in [-0.2, 0) is 19.1 Å². The van der Waals surface area contributed by atoms with E-state index < -0.39 is 23.9 Å². The smallest absolute Gasteiger partial charge is 0.324 e. The number of benzene rings is 1. The van der Waals surface area contributed by atoms with E-state index in [4.69, 9.17) is 15.2 Å². The molecule has 2 atom stereocenters. The van der Waals surface area contributed by atoms with E-state index in [9.17, 15) is 9.59 Å². The van der Waals surface area contributed by atoms with Gasteiger partial charge in [0.15, 0.2) is 0 Å². The molecule has 2 N–H and O–H groups in total. The summed E-state index contributed by atoms with van der Waals surface area (Å²) in [5.41, 5.74) is 6.66. The first kappa shape index (κ1) is 19.2. The predicted octanol–water partition coefficient (Wildman–Crippen LogP) is 2.64. The van der Waals surface area contributed by atoms with Gasteiger partial charge in [-0.1, -0.05) is 57.5 Å². The number of nitrogens with two attached hydrogens (primary N) is 1. The first-order valence-corrected chi connectivity index (χ1v) is 8.11. The molecule has 0 radical (unpaired) electrons. The summed E-state index contributed by atoms with van der Waals surface area (Å²) in [6, 6.07) is 7.89. The van der Waals surface area contributed by atoms with Crippen LogP contribution in [0.2, 0.25) is 0 Å². The van der Waals surface area contributed by atoms with Gasteiger partial charge in [0.25, 0.3) is 0 Å². The third-order valence-corrected chi connectivity index (χ3v) is 3.35. The van der Waals surface area contributed by atoms with Crippen LogP contribution in [-0.4, -0.2) is 31.2 Å². The Morgan fingerprint density at radius 1 is 1.09 bits per heavy atom. The molecule has 0 saturated heterocycles. The largest absolute Gasteiger partial charge is 0.465 e. The van der Waals surface area contributed by atoms with Crippen LogP contribution in [0, 0.1) is 5.92 Å². The van der Waals surface area contributed by atoms with Crippen LogP contribution in [0.5, 0.6) is 0 Å². The van der Waals surface area contributed by atoms with Crippen molar-refractivity contribution in [1.82, 2.24) is 0 Å². The van der Waals surface area contributed by atoms with Crippen molar-refractivity contribution in [2.24, 2.45) is 11.7 Å². The van der Waals surface area contributed by atoms with Gasteiger partial charge < -0.3 is 15.2 Å². The van der Waals surface area contributed by atoms with E-state index in [0.717, 1.165) is 12.8 Å². The minimum Gasteiger partial charge on any atom is -0.465 e. The molecule has 0 aromatic heterocycles. The fourth-order valence-corrected chi connectivity index (χ4v) is 2.04. The topological polar surface area (TPSA) is 78.6 Å². The molecule has 0 aliphatic rings. The molecule has 5 nitrogen and oxygen atoms in total. The third-order valence-electron chi connectivity index (χ3n) is 3.35. The van der Waals surface area contributed by atoms with Gasteiger partial charge in [0.2, 0.25) is 0 Å². The number of unbranched alkanes of at least 4 members (excludes halogenated alkanes) is 1. The van der Waals surface area contributed by atoms with Gasteiger partial charge >= 0.3 is 11.9 Å². The van der Waals surface area contributed by atoms with Crippen LogP contribution in [0.25, 0.3) is 0 Å². The number of hydrogen-bond donors (Lipinski definition) is 1. The molecule has 128 valence electrons. The maximum atomic E-state index is 12.4. The fourth-order valence-electron chi connectivity index (χ4n) is 2.04. The molecular formula is C18H27NO4. The van der Waals surface area contributed by atoms with Crippen LogP contribution < -0.4 is 5.73 Å². The highest BCUT2D eigenvalue weighted by Crippen LogP contribution is 2.22. The van der Waals surface area contributed by atoms with Gasteiger partial charge in [0.1, 0.15) is 12.0 Å². The maximum Gasteiger partial charge on any atom is 0.324 e. The summed E-state index contributed by atoms with van der Waals surface area (Å²) in [4.78, 5) is 24.5. The molecule has 1 aromatic rings. The van der Waals surface area contributed by atoms with E-state index in [-0.39, 0.29) is 5.92 Å². The number of carbonyl (C=O) groups excluding carboxylic acids is 2. The van der Waals surface area contributed by atoms with Crippen molar-refractivity contribution >= 4 is 11.9 Å². The average molecular weight is 321 g/mol. The van der Waals surface area contributed by atoms with Gasteiger partial charge in [-0.15, -0.1) is 0 Å². The van der Waals surface area contributed by atoms with E-state index in [1.807, 2.05) is 26.8 Å². The normalized spacial score (nSPS) is 13.4. The SMILES string of the molecule is CCCCOC(=O)C(N)C(C(=O)OCC(C)C)c1ccccc1. The lowest BCUT2D eigenvalue weighted by Crippen LogP contribution is -2.42. The molecule has 0 bridgehead atoms. The molecule has 1 aromatic carbocycles. The van der Waals surface area contributed by atoms with Crippen molar-refractivity contribution in [3.63, 3.8) is 0 Å².